The lowest BCUT2D eigenvalue weighted by molar-refractivity contribution is -0.142. The van der Waals surface area contributed by atoms with Crippen molar-refractivity contribution in [3.63, 3.8) is 0 Å². The zero-order valence-corrected chi connectivity index (χ0v) is 15.4. The van der Waals surface area contributed by atoms with Gasteiger partial charge in [0.2, 0.25) is 0 Å². The third-order valence-electron chi connectivity index (χ3n) is 4.34. The van der Waals surface area contributed by atoms with Crippen molar-refractivity contribution in [1.82, 2.24) is 4.90 Å². The maximum atomic E-state index is 13.4. The predicted octanol–water partition coefficient (Wildman–Crippen LogP) is 4.29. The Morgan fingerprint density at radius 1 is 1.35 bits per heavy atom. The normalized spacial score (nSPS) is 18.6. The first-order valence-electron chi connectivity index (χ1n) is 8.69. The summed E-state index contributed by atoms with van der Waals surface area (Å²) in [5.74, 6) is -0.312. The van der Waals surface area contributed by atoms with Gasteiger partial charge in [-0.3, -0.25) is 9.69 Å². The van der Waals surface area contributed by atoms with Gasteiger partial charge in [0.05, 0.1) is 4.90 Å². The fourth-order valence-corrected chi connectivity index (χ4v) is 4.13. The molecule has 1 N–H and O–H groups in total. The molecule has 2 aromatic rings. The van der Waals surface area contributed by atoms with E-state index in [1.54, 1.807) is 6.07 Å². The number of benzene rings is 2. The zero-order valence-electron chi connectivity index (χ0n) is 14.6. The number of para-hydroxylation sites is 1. The van der Waals surface area contributed by atoms with E-state index in [1.165, 1.54) is 23.9 Å². The molecule has 0 saturated carbocycles. The standard InChI is InChI=1S/C20H22FNO3S/c1-14(13-22-11-5-8-17(22)20(23)24)25-18-9-2-3-10-19(18)26-16-7-4-6-15(21)12-16/h2-4,6-7,9-10,12,14,17H,5,8,11,13H2,1H3,(H,23,24)/t14?,17-/m0/s1. The summed E-state index contributed by atoms with van der Waals surface area (Å²) in [5.41, 5.74) is 0. The van der Waals surface area contributed by atoms with Gasteiger partial charge in [-0.15, -0.1) is 0 Å². The minimum Gasteiger partial charge on any atom is -0.488 e. The lowest BCUT2D eigenvalue weighted by Crippen LogP contribution is -2.41. The summed E-state index contributed by atoms with van der Waals surface area (Å²) in [5, 5.41) is 9.30. The molecule has 1 aliphatic rings. The van der Waals surface area contributed by atoms with Gasteiger partial charge in [-0.05, 0) is 56.6 Å². The summed E-state index contributed by atoms with van der Waals surface area (Å²) in [6.07, 6.45) is 1.44. The number of rotatable bonds is 7. The van der Waals surface area contributed by atoms with Crippen LogP contribution in [0.1, 0.15) is 19.8 Å². The quantitative estimate of drug-likeness (QED) is 0.782. The Balaban J connectivity index is 1.67. The first-order valence-corrected chi connectivity index (χ1v) is 9.50. The van der Waals surface area contributed by atoms with E-state index in [2.05, 4.69) is 0 Å². The Morgan fingerprint density at radius 2 is 2.15 bits per heavy atom. The molecule has 0 spiro atoms. The topological polar surface area (TPSA) is 49.8 Å². The number of likely N-dealkylation sites (tertiary alicyclic amines) is 1. The molecule has 1 heterocycles. The maximum Gasteiger partial charge on any atom is 0.320 e. The van der Waals surface area contributed by atoms with Crippen molar-refractivity contribution < 1.29 is 19.0 Å². The number of nitrogens with zero attached hydrogens (tertiary/aromatic N) is 1. The lowest BCUT2D eigenvalue weighted by Gasteiger charge is -2.25. The van der Waals surface area contributed by atoms with Crippen molar-refractivity contribution in [2.75, 3.05) is 13.1 Å². The van der Waals surface area contributed by atoms with Crippen molar-refractivity contribution in [3.8, 4) is 5.75 Å². The molecule has 2 aromatic carbocycles. The smallest absolute Gasteiger partial charge is 0.320 e. The summed E-state index contributed by atoms with van der Waals surface area (Å²) in [7, 11) is 0. The Kier molecular flexibility index (Phi) is 6.16. The van der Waals surface area contributed by atoms with Crippen molar-refractivity contribution in [2.45, 2.75) is 41.7 Å². The van der Waals surface area contributed by atoms with Crippen LogP contribution in [0.15, 0.2) is 58.3 Å². The van der Waals surface area contributed by atoms with E-state index in [4.69, 9.17) is 4.74 Å². The molecule has 1 saturated heterocycles. The van der Waals surface area contributed by atoms with Gasteiger partial charge in [-0.1, -0.05) is 30.0 Å². The molecule has 0 aliphatic carbocycles. The molecule has 26 heavy (non-hydrogen) atoms. The minimum absolute atomic E-state index is 0.149. The van der Waals surface area contributed by atoms with Crippen LogP contribution in [0.5, 0.6) is 5.75 Å². The van der Waals surface area contributed by atoms with Crippen LogP contribution in [0, 0.1) is 5.82 Å². The molecule has 6 heteroatoms. The van der Waals surface area contributed by atoms with Gasteiger partial charge in [-0.25, -0.2) is 4.39 Å². The Labute approximate surface area is 157 Å². The third-order valence-corrected chi connectivity index (χ3v) is 5.39. The summed E-state index contributed by atoms with van der Waals surface area (Å²) in [6.45, 7) is 3.29. The molecule has 1 fully saturated rings. The number of carbonyl (C=O) groups is 1. The van der Waals surface area contributed by atoms with Crippen LogP contribution in [0.3, 0.4) is 0 Å². The van der Waals surface area contributed by atoms with Crippen molar-refractivity contribution in [2.24, 2.45) is 0 Å². The molecule has 2 atom stereocenters. The van der Waals surface area contributed by atoms with E-state index in [0.717, 1.165) is 28.5 Å². The van der Waals surface area contributed by atoms with Gasteiger partial charge in [-0.2, -0.15) is 0 Å². The van der Waals surface area contributed by atoms with Crippen LogP contribution < -0.4 is 4.74 Å². The van der Waals surface area contributed by atoms with Gasteiger partial charge in [0.1, 0.15) is 23.7 Å². The van der Waals surface area contributed by atoms with E-state index >= 15 is 0 Å². The number of halogens is 1. The van der Waals surface area contributed by atoms with Gasteiger partial charge in [0, 0.05) is 11.4 Å². The molecule has 0 radical (unpaired) electrons. The van der Waals surface area contributed by atoms with Crippen molar-refractivity contribution >= 4 is 17.7 Å². The number of hydrogen-bond acceptors (Lipinski definition) is 4. The molecule has 138 valence electrons. The van der Waals surface area contributed by atoms with Crippen LogP contribution in [0.2, 0.25) is 0 Å². The monoisotopic (exact) mass is 375 g/mol. The van der Waals surface area contributed by atoms with E-state index in [0.29, 0.717) is 13.0 Å². The van der Waals surface area contributed by atoms with Gasteiger partial charge in [0.25, 0.3) is 0 Å². The second kappa shape index (κ2) is 8.56. The molecule has 4 nitrogen and oxygen atoms in total. The molecular formula is C20H22FNO3S. The number of hydrogen-bond donors (Lipinski definition) is 1. The van der Waals surface area contributed by atoms with Crippen LogP contribution in [0.4, 0.5) is 4.39 Å². The van der Waals surface area contributed by atoms with Gasteiger partial charge >= 0.3 is 5.97 Å². The summed E-state index contributed by atoms with van der Waals surface area (Å²) < 4.78 is 19.5. The van der Waals surface area contributed by atoms with Crippen LogP contribution in [-0.2, 0) is 4.79 Å². The maximum absolute atomic E-state index is 13.4. The molecular weight excluding hydrogens is 353 g/mol. The number of aliphatic carboxylic acids is 1. The Morgan fingerprint density at radius 3 is 2.92 bits per heavy atom. The first-order chi connectivity index (χ1) is 12.5. The highest BCUT2D eigenvalue weighted by molar-refractivity contribution is 7.99. The summed E-state index contributed by atoms with van der Waals surface area (Å²) in [6, 6.07) is 13.7. The Bertz CT molecular complexity index is 770. The Hall–Kier alpha value is -2.05. The lowest BCUT2D eigenvalue weighted by atomic mass is 10.2. The van der Waals surface area contributed by atoms with Gasteiger partial charge in [0.15, 0.2) is 0 Å². The molecule has 0 aromatic heterocycles. The SMILES string of the molecule is CC(CN1CCC[C@H]1C(=O)O)Oc1ccccc1Sc1cccc(F)c1. The highest BCUT2D eigenvalue weighted by Gasteiger charge is 2.31. The van der Waals surface area contributed by atoms with Crippen LogP contribution in [0.25, 0.3) is 0 Å². The fourth-order valence-electron chi connectivity index (χ4n) is 3.20. The van der Waals surface area contributed by atoms with Crippen LogP contribution >= 0.6 is 11.8 Å². The predicted molar refractivity (Wildman–Crippen MR) is 99.3 cm³/mol. The second-order valence-corrected chi connectivity index (χ2v) is 7.54. The highest BCUT2D eigenvalue weighted by Crippen LogP contribution is 2.35. The first kappa shape index (κ1) is 18.7. The van der Waals surface area contributed by atoms with Crippen molar-refractivity contribution in [3.05, 3.63) is 54.3 Å². The molecule has 0 amide bonds. The van der Waals surface area contributed by atoms with Crippen molar-refractivity contribution in [1.29, 1.82) is 0 Å². The number of ether oxygens (including phenoxy) is 1. The third kappa shape index (κ3) is 4.77. The molecule has 0 bridgehead atoms. The van der Waals surface area contributed by atoms with E-state index < -0.39 is 12.0 Å². The number of carboxylic acid groups (broad SMARTS) is 1. The second-order valence-electron chi connectivity index (χ2n) is 6.43. The number of carboxylic acids is 1. The van der Waals surface area contributed by atoms with Crippen LogP contribution in [-0.4, -0.2) is 41.2 Å². The summed E-state index contributed by atoms with van der Waals surface area (Å²) in [4.78, 5) is 15.0. The highest BCUT2D eigenvalue weighted by atomic mass is 32.2. The zero-order chi connectivity index (χ0) is 18.5. The largest absolute Gasteiger partial charge is 0.488 e. The van der Waals surface area contributed by atoms with Gasteiger partial charge < -0.3 is 9.84 Å². The molecule has 1 unspecified atom stereocenters. The van der Waals surface area contributed by atoms with E-state index in [1.807, 2.05) is 42.2 Å². The molecule has 3 rings (SSSR count). The minimum atomic E-state index is -0.767. The molecule has 1 aliphatic heterocycles. The van der Waals surface area contributed by atoms with E-state index in [9.17, 15) is 14.3 Å². The average molecular weight is 375 g/mol. The van der Waals surface area contributed by atoms with E-state index in [-0.39, 0.29) is 11.9 Å². The fraction of sp³-hybridized carbons (Fsp3) is 0.350. The average Bonchev–Trinajstić information content (AvgIpc) is 3.05. The summed E-state index contributed by atoms with van der Waals surface area (Å²) >= 11 is 1.45.